The molecular formula is C16H17F3N4O. The molecule has 0 N–H and O–H groups in total. The predicted molar refractivity (Wildman–Crippen MR) is 83.0 cm³/mol. The number of nitrogens with zero attached hydrogens (tertiary/aromatic N) is 4. The predicted octanol–water partition coefficient (Wildman–Crippen LogP) is 3.00. The number of benzene rings is 1. The Morgan fingerprint density at radius 1 is 1.17 bits per heavy atom. The van der Waals surface area contributed by atoms with Crippen LogP contribution < -0.4 is 4.90 Å². The van der Waals surface area contributed by atoms with E-state index in [1.54, 1.807) is 0 Å². The van der Waals surface area contributed by atoms with Crippen LogP contribution in [0.3, 0.4) is 0 Å². The van der Waals surface area contributed by atoms with Gasteiger partial charge >= 0.3 is 12.2 Å². The Morgan fingerprint density at radius 3 is 2.46 bits per heavy atom. The first-order valence-electron chi connectivity index (χ1n) is 7.57. The molecule has 0 aliphatic carbocycles. The molecule has 2 aromatic rings. The number of hydrogen-bond donors (Lipinski definition) is 0. The van der Waals surface area contributed by atoms with Crippen molar-refractivity contribution in [3.8, 4) is 0 Å². The van der Waals surface area contributed by atoms with E-state index in [4.69, 9.17) is 0 Å². The number of halogens is 3. The minimum atomic E-state index is -4.50. The summed E-state index contributed by atoms with van der Waals surface area (Å²) in [6.07, 6.45) is -3.10. The zero-order chi connectivity index (χ0) is 17.3. The molecule has 5 nitrogen and oxygen atoms in total. The standard InChI is InChI=1S/C16H17F3N4O/c1-12-3-2-4-14(9-12)21-5-7-22(8-6-21)15(24)23-11-13(10-20-23)16(17,18)19/h2-4,9-11H,5-8H2,1H3. The van der Waals surface area contributed by atoms with Crippen molar-refractivity contribution in [2.45, 2.75) is 13.1 Å². The Balaban J connectivity index is 1.64. The fraction of sp³-hybridized carbons (Fsp3) is 0.375. The maximum atomic E-state index is 12.6. The van der Waals surface area contributed by atoms with Crippen molar-refractivity contribution in [3.63, 3.8) is 0 Å². The largest absolute Gasteiger partial charge is 0.419 e. The molecule has 0 unspecified atom stereocenters. The third-order valence-electron chi connectivity index (χ3n) is 4.02. The summed E-state index contributed by atoms with van der Waals surface area (Å²) in [6.45, 7) is 4.15. The lowest BCUT2D eigenvalue weighted by molar-refractivity contribution is -0.137. The molecule has 0 bridgehead atoms. The first kappa shape index (κ1) is 16.4. The molecule has 24 heavy (non-hydrogen) atoms. The molecular weight excluding hydrogens is 321 g/mol. The number of hydrogen-bond acceptors (Lipinski definition) is 3. The maximum absolute atomic E-state index is 12.6. The number of piperazine rings is 1. The summed E-state index contributed by atoms with van der Waals surface area (Å²) in [4.78, 5) is 15.9. The second-order valence-corrected chi connectivity index (χ2v) is 5.77. The van der Waals surface area contributed by atoms with Crippen molar-refractivity contribution in [3.05, 3.63) is 47.8 Å². The minimum Gasteiger partial charge on any atom is -0.368 e. The van der Waals surface area contributed by atoms with Crippen LogP contribution in [0.25, 0.3) is 0 Å². The van der Waals surface area contributed by atoms with Gasteiger partial charge in [-0.1, -0.05) is 12.1 Å². The van der Waals surface area contributed by atoms with E-state index < -0.39 is 17.8 Å². The third kappa shape index (κ3) is 3.37. The molecule has 1 fully saturated rings. The van der Waals surface area contributed by atoms with E-state index in [1.807, 2.05) is 25.1 Å². The topological polar surface area (TPSA) is 41.4 Å². The highest BCUT2D eigenvalue weighted by Gasteiger charge is 2.33. The molecule has 1 aliphatic heterocycles. The van der Waals surface area contributed by atoms with Gasteiger partial charge in [0, 0.05) is 38.1 Å². The van der Waals surface area contributed by atoms with E-state index in [9.17, 15) is 18.0 Å². The quantitative estimate of drug-likeness (QED) is 0.803. The van der Waals surface area contributed by atoms with Gasteiger partial charge in [-0.3, -0.25) is 0 Å². The number of aryl methyl sites for hydroxylation is 1. The number of rotatable bonds is 1. The molecule has 8 heteroatoms. The lowest BCUT2D eigenvalue weighted by Gasteiger charge is -2.35. The van der Waals surface area contributed by atoms with Gasteiger partial charge in [-0.2, -0.15) is 23.0 Å². The van der Waals surface area contributed by atoms with Crippen LogP contribution in [0.5, 0.6) is 0 Å². The average Bonchev–Trinajstić information content (AvgIpc) is 3.04. The van der Waals surface area contributed by atoms with Gasteiger partial charge in [0.1, 0.15) is 0 Å². The van der Waals surface area contributed by atoms with E-state index in [1.165, 1.54) is 4.90 Å². The molecule has 3 rings (SSSR count). The molecule has 0 radical (unpaired) electrons. The monoisotopic (exact) mass is 338 g/mol. The summed E-state index contributed by atoms with van der Waals surface area (Å²) < 4.78 is 38.5. The highest BCUT2D eigenvalue weighted by atomic mass is 19.4. The number of alkyl halides is 3. The minimum absolute atomic E-state index is 0.438. The molecule has 1 saturated heterocycles. The summed E-state index contributed by atoms with van der Waals surface area (Å²) in [6, 6.07) is 7.53. The summed E-state index contributed by atoms with van der Waals surface area (Å²) in [5.74, 6) is 0. The van der Waals surface area contributed by atoms with Gasteiger partial charge in [-0.25, -0.2) is 4.79 Å². The van der Waals surface area contributed by atoms with Gasteiger partial charge in [-0.15, -0.1) is 0 Å². The molecule has 0 atom stereocenters. The first-order chi connectivity index (χ1) is 11.3. The molecule has 1 aromatic heterocycles. The van der Waals surface area contributed by atoms with Gasteiger partial charge in [0.2, 0.25) is 0 Å². The SMILES string of the molecule is Cc1cccc(N2CCN(C(=O)n3cc(C(F)(F)F)cn3)CC2)c1. The van der Waals surface area contributed by atoms with Crippen molar-refractivity contribution in [2.24, 2.45) is 0 Å². The fourth-order valence-corrected chi connectivity index (χ4v) is 2.70. The van der Waals surface area contributed by atoms with Crippen LogP contribution in [0.4, 0.5) is 23.7 Å². The van der Waals surface area contributed by atoms with Gasteiger partial charge in [0.25, 0.3) is 0 Å². The van der Waals surface area contributed by atoms with Crippen LogP contribution >= 0.6 is 0 Å². The number of anilines is 1. The van der Waals surface area contributed by atoms with Crippen molar-refractivity contribution in [1.29, 1.82) is 0 Å². The van der Waals surface area contributed by atoms with Crippen LogP contribution in [-0.2, 0) is 6.18 Å². The van der Waals surface area contributed by atoms with E-state index >= 15 is 0 Å². The molecule has 1 amide bonds. The highest BCUT2D eigenvalue weighted by molar-refractivity contribution is 5.76. The second kappa shape index (κ2) is 6.18. The Bertz CT molecular complexity index is 733. The van der Waals surface area contributed by atoms with Crippen LogP contribution in [0.15, 0.2) is 36.7 Å². The highest BCUT2D eigenvalue weighted by Crippen LogP contribution is 2.28. The number of aromatic nitrogens is 2. The summed E-state index contributed by atoms with van der Waals surface area (Å²) in [5, 5.41) is 3.54. The van der Waals surface area contributed by atoms with E-state index in [-0.39, 0.29) is 0 Å². The third-order valence-corrected chi connectivity index (χ3v) is 4.02. The molecule has 1 aliphatic rings. The number of carbonyl (C=O) groups is 1. The number of carbonyl (C=O) groups excluding carboxylic acids is 1. The summed E-state index contributed by atoms with van der Waals surface area (Å²) in [7, 11) is 0. The first-order valence-corrected chi connectivity index (χ1v) is 7.57. The molecule has 1 aromatic carbocycles. The van der Waals surface area contributed by atoms with Crippen LogP contribution in [0.1, 0.15) is 11.1 Å². The Kier molecular flexibility index (Phi) is 4.21. The average molecular weight is 338 g/mol. The Morgan fingerprint density at radius 2 is 1.88 bits per heavy atom. The van der Waals surface area contributed by atoms with Crippen LogP contribution in [0, 0.1) is 6.92 Å². The zero-order valence-electron chi connectivity index (χ0n) is 13.1. The zero-order valence-corrected chi connectivity index (χ0v) is 13.1. The second-order valence-electron chi connectivity index (χ2n) is 5.77. The normalized spacial score (nSPS) is 15.7. The van der Waals surface area contributed by atoms with Gasteiger partial charge < -0.3 is 9.80 Å². The molecule has 2 heterocycles. The Labute approximate surface area is 137 Å². The lowest BCUT2D eigenvalue weighted by atomic mass is 10.2. The lowest BCUT2D eigenvalue weighted by Crippen LogP contribution is -2.50. The van der Waals surface area contributed by atoms with Gasteiger partial charge in [-0.05, 0) is 24.6 Å². The molecule has 128 valence electrons. The summed E-state index contributed by atoms with van der Waals surface area (Å²) in [5.41, 5.74) is 1.32. The number of amides is 1. The van der Waals surface area contributed by atoms with E-state index in [0.29, 0.717) is 32.4 Å². The maximum Gasteiger partial charge on any atom is 0.419 e. The van der Waals surface area contributed by atoms with Crippen molar-refractivity contribution >= 4 is 11.7 Å². The van der Waals surface area contributed by atoms with Crippen molar-refractivity contribution < 1.29 is 18.0 Å². The van der Waals surface area contributed by atoms with Crippen molar-refractivity contribution in [2.75, 3.05) is 31.1 Å². The van der Waals surface area contributed by atoms with Crippen LogP contribution in [0.2, 0.25) is 0 Å². The van der Waals surface area contributed by atoms with E-state index in [0.717, 1.165) is 22.1 Å². The van der Waals surface area contributed by atoms with Gasteiger partial charge in [0.05, 0.1) is 11.8 Å². The molecule has 0 saturated carbocycles. The van der Waals surface area contributed by atoms with Crippen LogP contribution in [-0.4, -0.2) is 46.9 Å². The van der Waals surface area contributed by atoms with Crippen molar-refractivity contribution in [1.82, 2.24) is 14.7 Å². The van der Waals surface area contributed by atoms with Gasteiger partial charge in [0.15, 0.2) is 0 Å². The fourth-order valence-electron chi connectivity index (χ4n) is 2.70. The molecule has 0 spiro atoms. The smallest absolute Gasteiger partial charge is 0.368 e. The summed E-state index contributed by atoms with van der Waals surface area (Å²) >= 11 is 0. The Hall–Kier alpha value is -2.51. The van der Waals surface area contributed by atoms with E-state index in [2.05, 4.69) is 16.1 Å².